The maximum Gasteiger partial charge on any atom is 0.270 e. The zero-order valence-corrected chi connectivity index (χ0v) is 11.2. The lowest BCUT2D eigenvalue weighted by Crippen LogP contribution is -2.52. The molecule has 0 aliphatic heterocycles. The largest absolute Gasteiger partial charge is 0.367 e. The predicted molar refractivity (Wildman–Crippen MR) is 73.6 cm³/mol. The van der Waals surface area contributed by atoms with Crippen molar-refractivity contribution in [3.63, 3.8) is 0 Å². The Labute approximate surface area is 123 Å². The van der Waals surface area contributed by atoms with E-state index in [0.717, 1.165) is 0 Å². The average Bonchev–Trinajstić information content (AvgIpc) is 2.94. The maximum atomic E-state index is 12.9. The summed E-state index contributed by atoms with van der Waals surface area (Å²) in [5, 5.41) is 8.42. The smallest absolute Gasteiger partial charge is 0.270 e. The number of hydrogen-bond donors (Lipinski definition) is 4. The number of nitrogens with two attached hydrogens (primary N) is 2. The minimum absolute atomic E-state index is 0.00757. The number of carbonyl (C=O) groups excluding carboxylic acids is 3. The summed E-state index contributed by atoms with van der Waals surface area (Å²) in [5.41, 5.74) is 10.9. The van der Waals surface area contributed by atoms with Gasteiger partial charge in [0.25, 0.3) is 5.91 Å². The lowest BCUT2D eigenvalue weighted by atomic mass is 10.1. The first-order chi connectivity index (χ1) is 10.4. The minimum atomic E-state index is -1.62. The third kappa shape index (κ3) is 3.26. The van der Waals surface area contributed by atoms with E-state index in [4.69, 9.17) is 11.5 Å². The number of H-pyrrole nitrogens is 1. The van der Waals surface area contributed by atoms with E-state index < -0.39 is 29.6 Å². The normalized spacial score (nSPS) is 10.5. The second kappa shape index (κ2) is 6.04. The van der Waals surface area contributed by atoms with Gasteiger partial charge >= 0.3 is 0 Å². The molecular formula is C13H12FN5O3. The van der Waals surface area contributed by atoms with Crippen molar-refractivity contribution in [3.8, 4) is 11.3 Å². The molecule has 3 amide bonds. The SMILES string of the molecule is NC(=O)C(NC(=O)c1cc(-c2ccc(F)cc2)n[nH]1)C(N)=O. The van der Waals surface area contributed by atoms with Gasteiger partial charge in [0.2, 0.25) is 11.8 Å². The van der Waals surface area contributed by atoms with Gasteiger partial charge in [0.05, 0.1) is 5.69 Å². The summed E-state index contributed by atoms with van der Waals surface area (Å²) >= 11 is 0. The minimum Gasteiger partial charge on any atom is -0.367 e. The van der Waals surface area contributed by atoms with Crippen LogP contribution in [-0.4, -0.2) is 34.0 Å². The molecule has 0 saturated heterocycles. The van der Waals surface area contributed by atoms with Crippen LogP contribution in [0.2, 0.25) is 0 Å². The molecule has 2 aromatic rings. The van der Waals surface area contributed by atoms with Crippen molar-refractivity contribution in [1.82, 2.24) is 15.5 Å². The Morgan fingerprint density at radius 1 is 1.14 bits per heavy atom. The zero-order valence-electron chi connectivity index (χ0n) is 11.2. The number of amides is 3. The Bertz CT molecular complexity index is 712. The van der Waals surface area contributed by atoms with Gasteiger partial charge in [-0.15, -0.1) is 0 Å². The fourth-order valence-corrected chi connectivity index (χ4v) is 1.70. The van der Waals surface area contributed by atoms with Crippen molar-refractivity contribution >= 4 is 17.7 Å². The Kier molecular flexibility index (Phi) is 4.16. The first-order valence-corrected chi connectivity index (χ1v) is 6.09. The van der Waals surface area contributed by atoms with Gasteiger partial charge in [-0.1, -0.05) is 0 Å². The molecule has 0 spiro atoms. The summed E-state index contributed by atoms with van der Waals surface area (Å²) in [5.74, 6) is -3.32. The Balaban J connectivity index is 2.17. The number of rotatable bonds is 5. The third-order valence-corrected chi connectivity index (χ3v) is 2.81. The van der Waals surface area contributed by atoms with Crippen LogP contribution in [0.15, 0.2) is 30.3 Å². The van der Waals surface area contributed by atoms with Crippen LogP contribution >= 0.6 is 0 Å². The molecule has 6 N–H and O–H groups in total. The van der Waals surface area contributed by atoms with Crippen LogP contribution < -0.4 is 16.8 Å². The van der Waals surface area contributed by atoms with Gasteiger partial charge in [0.15, 0.2) is 6.04 Å². The highest BCUT2D eigenvalue weighted by atomic mass is 19.1. The van der Waals surface area contributed by atoms with Crippen molar-refractivity contribution < 1.29 is 18.8 Å². The van der Waals surface area contributed by atoms with Gasteiger partial charge < -0.3 is 16.8 Å². The lowest BCUT2D eigenvalue weighted by Gasteiger charge is -2.10. The second-order valence-electron chi connectivity index (χ2n) is 4.38. The van der Waals surface area contributed by atoms with Gasteiger partial charge in [-0.2, -0.15) is 5.10 Å². The fourth-order valence-electron chi connectivity index (χ4n) is 1.70. The number of carbonyl (C=O) groups is 3. The van der Waals surface area contributed by atoms with Crippen LogP contribution in [0.4, 0.5) is 4.39 Å². The van der Waals surface area contributed by atoms with E-state index >= 15 is 0 Å². The molecule has 1 aromatic heterocycles. The van der Waals surface area contributed by atoms with E-state index in [1.807, 2.05) is 0 Å². The van der Waals surface area contributed by atoms with E-state index in [2.05, 4.69) is 15.5 Å². The number of nitrogens with zero attached hydrogens (tertiary/aromatic N) is 1. The van der Waals surface area contributed by atoms with Crippen molar-refractivity contribution in [1.29, 1.82) is 0 Å². The molecule has 0 aliphatic carbocycles. The van der Waals surface area contributed by atoms with E-state index in [0.29, 0.717) is 11.3 Å². The van der Waals surface area contributed by atoms with Crippen LogP contribution in [0.1, 0.15) is 10.5 Å². The standard InChI is InChI=1S/C13H12FN5O3/c14-7-3-1-6(2-4-7)8-5-9(19-18-8)13(22)17-10(11(15)20)12(16)21/h1-5,10H,(H2,15,20)(H2,16,21)(H,17,22)(H,18,19). The summed E-state index contributed by atoms with van der Waals surface area (Å²) in [6.45, 7) is 0. The van der Waals surface area contributed by atoms with Gasteiger partial charge in [0, 0.05) is 5.56 Å². The maximum absolute atomic E-state index is 12.9. The fraction of sp³-hybridized carbons (Fsp3) is 0.0769. The molecule has 2 rings (SSSR count). The van der Waals surface area contributed by atoms with Crippen LogP contribution in [-0.2, 0) is 9.59 Å². The van der Waals surface area contributed by atoms with Crippen molar-refractivity contribution in [2.24, 2.45) is 11.5 Å². The quantitative estimate of drug-likeness (QED) is 0.540. The molecule has 114 valence electrons. The van der Waals surface area contributed by atoms with Crippen LogP contribution in [0.3, 0.4) is 0 Å². The first kappa shape index (κ1) is 15.2. The van der Waals surface area contributed by atoms with E-state index in [-0.39, 0.29) is 5.69 Å². The molecular weight excluding hydrogens is 293 g/mol. The van der Waals surface area contributed by atoms with Gasteiger partial charge in [-0.05, 0) is 30.3 Å². The summed E-state index contributed by atoms with van der Waals surface area (Å²) in [4.78, 5) is 33.9. The number of aromatic amines is 1. The van der Waals surface area contributed by atoms with E-state index in [1.54, 1.807) is 0 Å². The predicted octanol–water partition coefficient (Wildman–Crippen LogP) is -0.715. The van der Waals surface area contributed by atoms with Crippen LogP contribution in [0.25, 0.3) is 11.3 Å². The van der Waals surface area contributed by atoms with Crippen LogP contribution in [0, 0.1) is 5.82 Å². The molecule has 0 radical (unpaired) electrons. The van der Waals surface area contributed by atoms with Crippen molar-refractivity contribution in [2.45, 2.75) is 6.04 Å². The molecule has 0 unspecified atom stereocenters. The Hall–Kier alpha value is -3.23. The first-order valence-electron chi connectivity index (χ1n) is 6.09. The summed E-state index contributed by atoms with van der Waals surface area (Å²) in [7, 11) is 0. The highest BCUT2D eigenvalue weighted by Crippen LogP contribution is 2.17. The number of hydrogen-bond acceptors (Lipinski definition) is 4. The molecule has 0 atom stereocenters. The molecule has 8 nitrogen and oxygen atoms in total. The molecule has 22 heavy (non-hydrogen) atoms. The molecule has 9 heteroatoms. The number of benzene rings is 1. The molecule has 0 aliphatic rings. The number of primary amides is 2. The summed E-state index contributed by atoms with van der Waals surface area (Å²) < 4.78 is 12.9. The zero-order chi connectivity index (χ0) is 16.3. The molecule has 1 aromatic carbocycles. The molecule has 0 bridgehead atoms. The van der Waals surface area contributed by atoms with Crippen molar-refractivity contribution in [3.05, 3.63) is 41.8 Å². The molecule has 0 saturated carbocycles. The topological polar surface area (TPSA) is 144 Å². The van der Waals surface area contributed by atoms with E-state index in [9.17, 15) is 18.8 Å². The highest BCUT2D eigenvalue weighted by Gasteiger charge is 2.25. The third-order valence-electron chi connectivity index (χ3n) is 2.81. The van der Waals surface area contributed by atoms with Crippen molar-refractivity contribution in [2.75, 3.05) is 0 Å². The lowest BCUT2D eigenvalue weighted by molar-refractivity contribution is -0.128. The monoisotopic (exact) mass is 305 g/mol. The van der Waals surface area contributed by atoms with Gasteiger partial charge in [0.1, 0.15) is 11.5 Å². The number of nitrogens with one attached hydrogen (secondary N) is 2. The Morgan fingerprint density at radius 3 is 2.27 bits per heavy atom. The molecule has 0 fully saturated rings. The van der Waals surface area contributed by atoms with E-state index in [1.165, 1.54) is 30.3 Å². The van der Waals surface area contributed by atoms with Crippen LogP contribution in [0.5, 0.6) is 0 Å². The molecule has 1 heterocycles. The number of halogens is 1. The second-order valence-corrected chi connectivity index (χ2v) is 4.38. The summed E-state index contributed by atoms with van der Waals surface area (Å²) in [6, 6.07) is 5.23. The highest BCUT2D eigenvalue weighted by molar-refractivity contribution is 6.07. The van der Waals surface area contributed by atoms with Gasteiger partial charge in [-0.3, -0.25) is 19.5 Å². The average molecular weight is 305 g/mol. The van der Waals surface area contributed by atoms with Gasteiger partial charge in [-0.25, -0.2) is 4.39 Å². The number of aromatic nitrogens is 2. The summed E-state index contributed by atoms with van der Waals surface area (Å²) in [6.07, 6.45) is 0. The Morgan fingerprint density at radius 2 is 1.73 bits per heavy atom.